The first-order chi connectivity index (χ1) is 14.1. The van der Waals surface area contributed by atoms with E-state index in [1.807, 2.05) is 0 Å². The minimum Gasteiger partial charge on any atom is -0.452 e. The molecule has 162 valence electrons. The summed E-state index contributed by atoms with van der Waals surface area (Å²) in [6.45, 7) is 3.31. The van der Waals surface area contributed by atoms with Crippen molar-refractivity contribution in [2.24, 2.45) is 0 Å². The quantitative estimate of drug-likeness (QED) is 0.455. The topological polar surface area (TPSA) is 118 Å². The van der Waals surface area contributed by atoms with Crippen molar-refractivity contribution in [3.63, 3.8) is 0 Å². The normalized spacial score (nSPS) is 20.7. The lowest BCUT2D eigenvalue weighted by atomic mass is 10.1. The Hall–Kier alpha value is -2.75. The lowest BCUT2D eigenvalue weighted by molar-refractivity contribution is -0.160. The first-order valence-electron chi connectivity index (χ1n) is 9.80. The summed E-state index contributed by atoms with van der Waals surface area (Å²) in [4.78, 5) is 51.9. The molecule has 0 N–H and O–H groups in total. The standard InChI is InChI=1S/C20H24N2O7S/c1-3-21(14-9-11-30(27,28)12-14)18(24)13(2)29-17(23)8-10-22-19(25)15-6-4-5-7-16(15)20(22)26/h4-7,13-14H,3,8-12H2,1-2H3/t13-,14-/m1/s1. The molecule has 1 aromatic rings. The number of imide groups is 1. The zero-order valence-corrected chi connectivity index (χ0v) is 17.7. The highest BCUT2D eigenvalue weighted by molar-refractivity contribution is 7.91. The van der Waals surface area contributed by atoms with Gasteiger partial charge in [-0.2, -0.15) is 0 Å². The monoisotopic (exact) mass is 436 g/mol. The zero-order chi connectivity index (χ0) is 22.1. The van der Waals surface area contributed by atoms with Gasteiger partial charge in [0.2, 0.25) is 0 Å². The van der Waals surface area contributed by atoms with Gasteiger partial charge in [0.25, 0.3) is 17.7 Å². The third kappa shape index (κ3) is 4.38. The van der Waals surface area contributed by atoms with E-state index in [1.54, 1.807) is 31.2 Å². The Morgan fingerprint density at radius 2 is 1.80 bits per heavy atom. The van der Waals surface area contributed by atoms with Gasteiger partial charge in [-0.3, -0.25) is 24.1 Å². The molecule has 1 saturated heterocycles. The third-order valence-electron chi connectivity index (χ3n) is 5.35. The second kappa shape index (κ2) is 8.55. The fourth-order valence-electron chi connectivity index (χ4n) is 3.80. The van der Waals surface area contributed by atoms with Crippen LogP contribution in [0.5, 0.6) is 0 Å². The van der Waals surface area contributed by atoms with Crippen LogP contribution < -0.4 is 0 Å². The highest BCUT2D eigenvalue weighted by atomic mass is 32.2. The third-order valence-corrected chi connectivity index (χ3v) is 7.10. The van der Waals surface area contributed by atoms with Crippen molar-refractivity contribution in [2.45, 2.75) is 38.8 Å². The maximum atomic E-state index is 12.7. The Bertz CT molecular complexity index is 954. The predicted molar refractivity (Wildman–Crippen MR) is 106 cm³/mol. The van der Waals surface area contributed by atoms with Gasteiger partial charge in [0.15, 0.2) is 15.9 Å². The van der Waals surface area contributed by atoms with E-state index < -0.39 is 45.7 Å². The molecule has 9 nitrogen and oxygen atoms in total. The van der Waals surface area contributed by atoms with Crippen molar-refractivity contribution in [1.29, 1.82) is 0 Å². The van der Waals surface area contributed by atoms with Crippen molar-refractivity contribution >= 4 is 33.5 Å². The van der Waals surface area contributed by atoms with Gasteiger partial charge in [0, 0.05) is 19.1 Å². The van der Waals surface area contributed by atoms with E-state index in [9.17, 15) is 27.6 Å². The summed E-state index contributed by atoms with van der Waals surface area (Å²) < 4.78 is 28.6. The average Bonchev–Trinajstić information content (AvgIpc) is 3.18. The molecule has 2 aliphatic rings. The summed E-state index contributed by atoms with van der Waals surface area (Å²) in [5.74, 6) is -2.17. The molecule has 10 heteroatoms. The van der Waals surface area contributed by atoms with Gasteiger partial charge in [-0.1, -0.05) is 12.1 Å². The van der Waals surface area contributed by atoms with E-state index >= 15 is 0 Å². The molecular weight excluding hydrogens is 412 g/mol. The van der Waals surface area contributed by atoms with E-state index in [2.05, 4.69) is 0 Å². The van der Waals surface area contributed by atoms with Crippen LogP contribution in [0.3, 0.4) is 0 Å². The first-order valence-corrected chi connectivity index (χ1v) is 11.6. The van der Waals surface area contributed by atoms with Gasteiger partial charge in [-0.05, 0) is 32.4 Å². The number of amides is 3. The fraction of sp³-hybridized carbons (Fsp3) is 0.500. The zero-order valence-electron chi connectivity index (χ0n) is 16.9. The molecule has 2 aliphatic heterocycles. The van der Waals surface area contributed by atoms with E-state index in [-0.39, 0.29) is 24.5 Å². The molecule has 30 heavy (non-hydrogen) atoms. The summed E-state index contributed by atoms with van der Waals surface area (Å²) in [6.07, 6.45) is -0.974. The number of sulfone groups is 1. The molecule has 1 aromatic carbocycles. The molecule has 3 rings (SSSR count). The van der Waals surface area contributed by atoms with Gasteiger partial charge < -0.3 is 9.64 Å². The molecule has 0 bridgehead atoms. The number of nitrogens with zero attached hydrogens (tertiary/aromatic N) is 2. The highest BCUT2D eigenvalue weighted by Gasteiger charge is 2.37. The number of esters is 1. The molecule has 0 saturated carbocycles. The molecule has 2 heterocycles. The highest BCUT2D eigenvalue weighted by Crippen LogP contribution is 2.23. The second-order valence-corrected chi connectivity index (χ2v) is 9.60. The SMILES string of the molecule is CCN(C(=O)[C@@H](C)OC(=O)CCN1C(=O)c2ccccc2C1=O)[C@@H]1CCS(=O)(=O)C1. The molecule has 1 fully saturated rings. The van der Waals surface area contributed by atoms with E-state index in [0.717, 1.165) is 4.90 Å². The number of carbonyl (C=O) groups is 4. The largest absolute Gasteiger partial charge is 0.452 e. The van der Waals surface area contributed by atoms with Gasteiger partial charge in [0.1, 0.15) is 0 Å². The van der Waals surface area contributed by atoms with Crippen molar-refractivity contribution in [3.8, 4) is 0 Å². The molecular formula is C20H24N2O7S. The Morgan fingerprint density at radius 1 is 1.20 bits per heavy atom. The van der Waals surface area contributed by atoms with Crippen molar-refractivity contribution in [1.82, 2.24) is 9.80 Å². The smallest absolute Gasteiger partial charge is 0.308 e. The lowest BCUT2D eigenvalue weighted by Crippen LogP contribution is -2.46. The number of fused-ring (bicyclic) bond motifs is 1. The van der Waals surface area contributed by atoms with Crippen molar-refractivity contribution in [2.75, 3.05) is 24.6 Å². The van der Waals surface area contributed by atoms with Crippen LogP contribution in [0.4, 0.5) is 0 Å². The Morgan fingerprint density at radius 3 is 2.30 bits per heavy atom. The van der Waals surface area contributed by atoms with E-state index in [4.69, 9.17) is 4.74 Å². The van der Waals surface area contributed by atoms with Crippen LogP contribution in [0, 0.1) is 0 Å². The van der Waals surface area contributed by atoms with Crippen LogP contribution >= 0.6 is 0 Å². The average molecular weight is 436 g/mol. The maximum Gasteiger partial charge on any atom is 0.308 e. The van der Waals surface area contributed by atoms with Gasteiger partial charge in [-0.15, -0.1) is 0 Å². The summed E-state index contributed by atoms with van der Waals surface area (Å²) in [6, 6.07) is 6.00. The van der Waals surface area contributed by atoms with Crippen LogP contribution in [0.1, 0.15) is 47.4 Å². The van der Waals surface area contributed by atoms with Crippen LogP contribution in [-0.4, -0.2) is 78.6 Å². The summed E-state index contributed by atoms with van der Waals surface area (Å²) in [7, 11) is -3.16. The number of hydrogen-bond donors (Lipinski definition) is 0. The molecule has 0 unspecified atom stereocenters. The van der Waals surface area contributed by atoms with Gasteiger partial charge in [0.05, 0.1) is 29.1 Å². The maximum absolute atomic E-state index is 12.7. The van der Waals surface area contributed by atoms with Crippen LogP contribution in [0.2, 0.25) is 0 Å². The van der Waals surface area contributed by atoms with Crippen LogP contribution in [0.25, 0.3) is 0 Å². The lowest BCUT2D eigenvalue weighted by Gasteiger charge is -2.29. The molecule has 0 aliphatic carbocycles. The molecule has 0 radical (unpaired) electrons. The van der Waals surface area contributed by atoms with Crippen molar-refractivity contribution < 1.29 is 32.3 Å². The Labute approximate surface area is 174 Å². The number of benzene rings is 1. The Balaban J connectivity index is 1.54. The summed E-state index contributed by atoms with van der Waals surface area (Å²) in [5.41, 5.74) is 0.592. The Kier molecular flexibility index (Phi) is 6.25. The molecule has 0 spiro atoms. The van der Waals surface area contributed by atoms with Crippen LogP contribution in [-0.2, 0) is 24.2 Å². The molecule has 3 amide bonds. The fourth-order valence-corrected chi connectivity index (χ4v) is 5.53. The number of rotatable bonds is 7. The molecule has 0 aromatic heterocycles. The first kappa shape index (κ1) is 21.9. The van der Waals surface area contributed by atoms with Crippen LogP contribution in [0.15, 0.2) is 24.3 Å². The number of ether oxygens (including phenoxy) is 1. The van der Waals surface area contributed by atoms with Gasteiger partial charge in [-0.25, -0.2) is 8.42 Å². The van der Waals surface area contributed by atoms with E-state index in [0.29, 0.717) is 24.1 Å². The summed E-state index contributed by atoms with van der Waals surface area (Å²) >= 11 is 0. The minimum atomic E-state index is -3.16. The number of hydrogen-bond acceptors (Lipinski definition) is 7. The molecule has 2 atom stereocenters. The number of carbonyl (C=O) groups excluding carboxylic acids is 4. The van der Waals surface area contributed by atoms with Crippen molar-refractivity contribution in [3.05, 3.63) is 35.4 Å². The second-order valence-electron chi connectivity index (χ2n) is 7.37. The van der Waals surface area contributed by atoms with Gasteiger partial charge >= 0.3 is 5.97 Å². The summed E-state index contributed by atoms with van der Waals surface area (Å²) in [5, 5.41) is 0. The van der Waals surface area contributed by atoms with E-state index in [1.165, 1.54) is 11.8 Å². The number of likely N-dealkylation sites (N-methyl/N-ethyl adjacent to an activating group) is 1. The minimum absolute atomic E-state index is 0.0376. The predicted octanol–water partition coefficient (Wildman–Crippen LogP) is 0.640.